The summed E-state index contributed by atoms with van der Waals surface area (Å²) in [5.74, 6) is 0.802. The fraction of sp³-hybridized carbons (Fsp3) is 0.286. The average molecular weight is 388 g/mol. The Morgan fingerprint density at radius 3 is 2.88 bits per heavy atom. The van der Waals surface area contributed by atoms with Crippen molar-refractivity contribution in [2.45, 2.75) is 39.3 Å². The highest BCUT2D eigenvalue weighted by molar-refractivity contribution is 6.49. The smallest absolute Gasteiger partial charge is 0.158 e. The van der Waals surface area contributed by atoms with Gasteiger partial charge in [-0.1, -0.05) is 35.3 Å². The number of ether oxygens (including phenoxy) is 1. The van der Waals surface area contributed by atoms with Crippen LogP contribution in [-0.4, -0.2) is 9.78 Å². The van der Waals surface area contributed by atoms with Crippen molar-refractivity contribution in [1.29, 1.82) is 0 Å². The second-order valence-electron chi connectivity index (χ2n) is 6.78. The van der Waals surface area contributed by atoms with Gasteiger partial charge in [0.25, 0.3) is 0 Å². The summed E-state index contributed by atoms with van der Waals surface area (Å²) in [5, 5.41) is 6.42. The Morgan fingerprint density at radius 1 is 1.23 bits per heavy atom. The van der Waals surface area contributed by atoms with Crippen molar-refractivity contribution in [2.75, 3.05) is 0 Å². The molecule has 5 heteroatoms. The van der Waals surface area contributed by atoms with Crippen molar-refractivity contribution in [2.24, 2.45) is 0 Å². The summed E-state index contributed by atoms with van der Waals surface area (Å²) in [6, 6.07) is 12.7. The summed E-state index contributed by atoms with van der Waals surface area (Å²) < 4.78 is 15.8. The first-order valence-electron chi connectivity index (χ1n) is 9.22. The second kappa shape index (κ2) is 6.98. The number of hydrogen-bond acceptors (Lipinski definition) is 2. The molecule has 1 aliphatic rings. The van der Waals surface area contributed by atoms with Crippen molar-refractivity contribution in [1.82, 2.24) is 9.78 Å². The molecule has 4 rings (SSSR count). The van der Waals surface area contributed by atoms with Gasteiger partial charge in [-0.3, -0.25) is 4.68 Å². The molecule has 0 N–H and O–H groups in total. The van der Waals surface area contributed by atoms with E-state index in [0.717, 1.165) is 39.8 Å². The fourth-order valence-corrected chi connectivity index (χ4v) is 3.80. The molecule has 0 amide bonds. The Balaban J connectivity index is 1.55. The van der Waals surface area contributed by atoms with Gasteiger partial charge in [-0.2, -0.15) is 5.10 Å². The molecule has 1 aromatic heterocycles. The van der Waals surface area contributed by atoms with Crippen molar-refractivity contribution in [3.8, 4) is 5.75 Å². The van der Waals surface area contributed by atoms with E-state index in [1.54, 1.807) is 0 Å². The minimum atomic E-state index is 0.253. The molecule has 3 aromatic rings. The molecule has 0 saturated heterocycles. The molecule has 1 aliphatic carbocycles. The van der Waals surface area contributed by atoms with Gasteiger partial charge in [-0.25, -0.2) is 0 Å². The number of hydrogen-bond donors (Lipinski definition) is 0. The molecular formula is C21H20Cl2N2O. The highest BCUT2D eigenvalue weighted by atomic mass is 35.5. The zero-order valence-corrected chi connectivity index (χ0v) is 16.2. The van der Waals surface area contributed by atoms with Gasteiger partial charge in [0.05, 0.1) is 6.89 Å². The third kappa shape index (κ3) is 3.22. The van der Waals surface area contributed by atoms with Gasteiger partial charge in [0.2, 0.25) is 0 Å². The lowest BCUT2D eigenvalue weighted by Gasteiger charge is -2.15. The maximum absolute atomic E-state index is 7.87. The van der Waals surface area contributed by atoms with Gasteiger partial charge < -0.3 is 4.74 Å². The Labute approximate surface area is 164 Å². The quantitative estimate of drug-likeness (QED) is 0.519. The zero-order valence-electron chi connectivity index (χ0n) is 15.7. The van der Waals surface area contributed by atoms with Crippen LogP contribution in [0.5, 0.6) is 5.75 Å². The zero-order chi connectivity index (χ0) is 19.1. The minimum absolute atomic E-state index is 0.253. The lowest BCUT2D eigenvalue weighted by molar-refractivity contribution is 0.306. The number of fused-ring (bicyclic) bond motifs is 2. The topological polar surface area (TPSA) is 27.1 Å². The van der Waals surface area contributed by atoms with Crippen molar-refractivity contribution in [3.63, 3.8) is 0 Å². The van der Waals surface area contributed by atoms with Crippen LogP contribution in [0.1, 0.15) is 44.4 Å². The number of aryl methyl sites for hydroxylation is 1. The third-order valence-electron chi connectivity index (χ3n) is 4.61. The average Bonchev–Trinajstić information content (AvgIpc) is 3.00. The van der Waals surface area contributed by atoms with Crippen LogP contribution in [-0.2, 0) is 13.0 Å². The first-order valence-corrected chi connectivity index (χ1v) is 9.47. The predicted molar refractivity (Wildman–Crippen MR) is 108 cm³/mol. The standard InChI is InChI=1S/C21H20Cl2N2O/c1-13(2)25-20-9-6-14(10-18(20)21(23)24-25)12-26-16-7-8-17-15(11-16)4-3-5-19(17)22/h5-11,13H,3-4,12H2,1-2H3/i5D. The van der Waals surface area contributed by atoms with E-state index in [-0.39, 0.29) is 6.04 Å². The molecule has 134 valence electrons. The molecule has 0 saturated carbocycles. The lowest BCUT2D eigenvalue weighted by Crippen LogP contribution is -2.02. The van der Waals surface area contributed by atoms with Crippen LogP contribution in [0.3, 0.4) is 0 Å². The number of benzene rings is 2. The van der Waals surface area contributed by atoms with E-state index >= 15 is 0 Å². The highest BCUT2D eigenvalue weighted by Gasteiger charge is 2.13. The van der Waals surface area contributed by atoms with E-state index < -0.39 is 0 Å². The predicted octanol–water partition coefficient (Wildman–Crippen LogP) is 6.38. The van der Waals surface area contributed by atoms with Crippen molar-refractivity contribution in [3.05, 3.63) is 64.3 Å². The maximum atomic E-state index is 7.87. The number of nitrogens with zero attached hydrogens (tertiary/aromatic N) is 2. The summed E-state index contributed by atoms with van der Waals surface area (Å²) in [6.07, 6.45) is 1.49. The Bertz CT molecular complexity index is 1060. The SMILES string of the molecule is [2H]C1=C(Cl)c2ccc(OCc3ccc4c(c3)c(Cl)nn4C(C)C)cc2CC1. The molecule has 3 nitrogen and oxygen atoms in total. The molecule has 0 aliphatic heterocycles. The number of halogens is 2. The van der Waals surface area contributed by atoms with Gasteiger partial charge in [-0.05, 0) is 73.7 Å². The van der Waals surface area contributed by atoms with E-state index in [1.165, 1.54) is 0 Å². The Hall–Kier alpha value is -1.97. The van der Waals surface area contributed by atoms with E-state index in [0.29, 0.717) is 29.3 Å². The summed E-state index contributed by atoms with van der Waals surface area (Å²) in [7, 11) is 0. The van der Waals surface area contributed by atoms with Gasteiger partial charge >= 0.3 is 0 Å². The van der Waals surface area contributed by atoms with Gasteiger partial charge in [-0.15, -0.1) is 0 Å². The molecular weight excluding hydrogens is 367 g/mol. The van der Waals surface area contributed by atoms with Crippen LogP contribution in [0.25, 0.3) is 15.9 Å². The Morgan fingerprint density at radius 2 is 2.08 bits per heavy atom. The molecule has 0 spiro atoms. The summed E-state index contributed by atoms with van der Waals surface area (Å²) >= 11 is 12.6. The first kappa shape index (κ1) is 16.2. The van der Waals surface area contributed by atoms with Crippen LogP contribution >= 0.6 is 23.2 Å². The molecule has 26 heavy (non-hydrogen) atoms. The maximum Gasteiger partial charge on any atom is 0.158 e. The number of allylic oxidation sites excluding steroid dienone is 1. The van der Waals surface area contributed by atoms with Gasteiger partial charge in [0.15, 0.2) is 5.15 Å². The van der Waals surface area contributed by atoms with Crippen LogP contribution in [0.15, 0.2) is 42.5 Å². The second-order valence-corrected chi connectivity index (χ2v) is 7.51. The van der Waals surface area contributed by atoms with Crippen molar-refractivity contribution < 1.29 is 6.11 Å². The van der Waals surface area contributed by atoms with Crippen LogP contribution in [0, 0.1) is 0 Å². The molecule has 0 atom stereocenters. The fourth-order valence-electron chi connectivity index (χ4n) is 3.28. The molecule has 0 fully saturated rings. The Kier molecular flexibility index (Phi) is 4.35. The monoisotopic (exact) mass is 387 g/mol. The van der Waals surface area contributed by atoms with Crippen molar-refractivity contribution >= 4 is 39.1 Å². The molecule has 2 aromatic carbocycles. The van der Waals surface area contributed by atoms with Crippen LogP contribution in [0.2, 0.25) is 5.15 Å². The normalized spacial score (nSPS) is 14.7. The third-order valence-corrected chi connectivity index (χ3v) is 5.22. The van der Waals surface area contributed by atoms with E-state index in [2.05, 4.69) is 18.9 Å². The summed E-state index contributed by atoms with van der Waals surface area (Å²) in [5.41, 5.74) is 4.14. The summed E-state index contributed by atoms with van der Waals surface area (Å²) in [4.78, 5) is 0. The number of aromatic nitrogens is 2. The highest BCUT2D eigenvalue weighted by Crippen LogP contribution is 2.32. The van der Waals surface area contributed by atoms with Gasteiger partial charge in [0, 0.05) is 16.5 Å². The lowest BCUT2D eigenvalue weighted by atomic mass is 9.97. The molecule has 1 heterocycles. The molecule has 0 radical (unpaired) electrons. The van der Waals surface area contributed by atoms with E-state index in [4.69, 9.17) is 29.3 Å². The van der Waals surface area contributed by atoms with Crippen LogP contribution < -0.4 is 4.74 Å². The largest absolute Gasteiger partial charge is 0.489 e. The van der Waals surface area contributed by atoms with E-state index in [1.807, 2.05) is 41.1 Å². The molecule has 0 unspecified atom stereocenters. The number of rotatable bonds is 4. The molecule has 0 bridgehead atoms. The minimum Gasteiger partial charge on any atom is -0.489 e. The van der Waals surface area contributed by atoms with Gasteiger partial charge in [0.1, 0.15) is 12.4 Å². The van der Waals surface area contributed by atoms with E-state index in [9.17, 15) is 0 Å². The van der Waals surface area contributed by atoms with Crippen LogP contribution in [0.4, 0.5) is 0 Å². The summed E-state index contributed by atoms with van der Waals surface area (Å²) in [6.45, 7) is 4.62. The first-order chi connectivity index (χ1) is 12.9.